The average molecular weight is 414 g/mol. The van der Waals surface area contributed by atoms with Gasteiger partial charge in [-0.05, 0) is 24.3 Å². The van der Waals surface area contributed by atoms with Gasteiger partial charge in [-0.1, -0.05) is 11.3 Å². The summed E-state index contributed by atoms with van der Waals surface area (Å²) >= 11 is 1.29. The predicted molar refractivity (Wildman–Crippen MR) is 106 cm³/mol. The Bertz CT molecular complexity index is 1150. The largest absolute Gasteiger partial charge is 0.497 e. The number of ether oxygens (including phenoxy) is 4. The number of thiazole rings is 1. The quantitative estimate of drug-likeness (QED) is 0.609. The van der Waals surface area contributed by atoms with Crippen LogP contribution in [0.1, 0.15) is 10.4 Å². The molecule has 150 valence electrons. The minimum atomic E-state index is -0.446. The lowest BCUT2D eigenvalue weighted by Crippen LogP contribution is -2.22. The molecule has 29 heavy (non-hydrogen) atoms. The van der Waals surface area contributed by atoms with E-state index in [9.17, 15) is 9.59 Å². The monoisotopic (exact) mass is 414 g/mol. The van der Waals surface area contributed by atoms with Crippen molar-refractivity contribution in [1.82, 2.24) is 4.57 Å². The Labute approximate surface area is 169 Å². The third-order valence-corrected chi connectivity index (χ3v) is 5.44. The number of amides is 1. The van der Waals surface area contributed by atoms with E-state index in [4.69, 9.17) is 18.9 Å². The van der Waals surface area contributed by atoms with Crippen molar-refractivity contribution in [2.24, 2.45) is 4.99 Å². The molecule has 1 amide bonds. The van der Waals surface area contributed by atoms with E-state index in [1.165, 1.54) is 18.4 Å². The van der Waals surface area contributed by atoms with Gasteiger partial charge in [0, 0.05) is 17.7 Å². The third-order valence-electron chi connectivity index (χ3n) is 4.40. The lowest BCUT2D eigenvalue weighted by molar-refractivity contribution is -0.141. The standard InChI is InChI=1S/C20H18N2O6S/c1-25-13-5-3-12(4-6-13)19(24)21-20-22(11-18(23)26-2)14-9-15-16(10-17(14)29-20)28-8-7-27-15/h3-6,9-10H,7-8,11H2,1-2H3. The van der Waals surface area contributed by atoms with Crippen LogP contribution in [0.25, 0.3) is 10.2 Å². The first-order valence-electron chi connectivity index (χ1n) is 8.82. The van der Waals surface area contributed by atoms with Crippen LogP contribution < -0.4 is 19.0 Å². The fourth-order valence-corrected chi connectivity index (χ4v) is 3.96. The van der Waals surface area contributed by atoms with Gasteiger partial charge in [0.2, 0.25) is 0 Å². The molecule has 1 aromatic heterocycles. The molecule has 1 aliphatic rings. The lowest BCUT2D eigenvalue weighted by Gasteiger charge is -2.18. The number of rotatable bonds is 4. The Kier molecular flexibility index (Phi) is 5.22. The molecule has 3 aromatic rings. The number of nitrogens with zero attached hydrogens (tertiary/aromatic N) is 2. The topological polar surface area (TPSA) is 88.4 Å². The van der Waals surface area contributed by atoms with E-state index in [0.29, 0.717) is 46.3 Å². The van der Waals surface area contributed by atoms with Crippen LogP contribution in [0.2, 0.25) is 0 Å². The molecule has 0 bridgehead atoms. The van der Waals surface area contributed by atoms with Gasteiger partial charge in [-0.25, -0.2) is 0 Å². The Hall–Kier alpha value is -3.33. The minimum absolute atomic E-state index is 0.0785. The van der Waals surface area contributed by atoms with Crippen molar-refractivity contribution in [2.75, 3.05) is 27.4 Å². The van der Waals surface area contributed by atoms with Crippen LogP contribution in [-0.2, 0) is 16.1 Å². The van der Waals surface area contributed by atoms with Crippen LogP contribution in [0, 0.1) is 0 Å². The number of fused-ring (bicyclic) bond motifs is 2. The number of aromatic nitrogens is 1. The van der Waals surface area contributed by atoms with Gasteiger partial charge in [0.15, 0.2) is 16.3 Å². The summed E-state index contributed by atoms with van der Waals surface area (Å²) in [4.78, 5) is 29.3. The summed E-state index contributed by atoms with van der Waals surface area (Å²) in [6.45, 7) is 0.844. The summed E-state index contributed by atoms with van der Waals surface area (Å²) in [6.07, 6.45) is 0. The van der Waals surface area contributed by atoms with Crippen molar-refractivity contribution in [3.05, 3.63) is 46.8 Å². The smallest absolute Gasteiger partial charge is 0.325 e. The Morgan fingerprint density at radius 2 is 1.79 bits per heavy atom. The zero-order valence-electron chi connectivity index (χ0n) is 15.8. The molecule has 0 radical (unpaired) electrons. The number of carbonyl (C=O) groups is 2. The highest BCUT2D eigenvalue weighted by molar-refractivity contribution is 7.16. The summed E-state index contributed by atoms with van der Waals surface area (Å²) in [7, 11) is 2.87. The molecule has 2 heterocycles. The molecule has 0 atom stereocenters. The molecule has 0 N–H and O–H groups in total. The lowest BCUT2D eigenvalue weighted by atomic mass is 10.2. The van der Waals surface area contributed by atoms with E-state index in [0.717, 1.165) is 4.70 Å². The van der Waals surface area contributed by atoms with Gasteiger partial charge in [-0.2, -0.15) is 4.99 Å². The number of benzene rings is 2. The number of methoxy groups -OCH3 is 2. The van der Waals surface area contributed by atoms with Crippen molar-refractivity contribution < 1.29 is 28.5 Å². The van der Waals surface area contributed by atoms with Crippen molar-refractivity contribution in [2.45, 2.75) is 6.54 Å². The SMILES string of the molecule is COC(=O)Cn1c(=NC(=O)c2ccc(OC)cc2)sc2cc3c(cc21)OCCO3. The average Bonchev–Trinajstić information content (AvgIpc) is 3.07. The predicted octanol–water partition coefficient (Wildman–Crippen LogP) is 2.40. The molecule has 1 aliphatic heterocycles. The molecule has 8 nitrogen and oxygen atoms in total. The summed E-state index contributed by atoms with van der Waals surface area (Å²) in [6, 6.07) is 10.3. The van der Waals surface area contributed by atoms with Crippen molar-refractivity contribution >= 4 is 33.4 Å². The Morgan fingerprint density at radius 1 is 1.10 bits per heavy atom. The molecule has 0 spiro atoms. The molecule has 0 aliphatic carbocycles. The number of carbonyl (C=O) groups excluding carboxylic acids is 2. The fraction of sp³-hybridized carbons (Fsp3) is 0.250. The second-order valence-corrected chi connectivity index (χ2v) is 7.17. The number of hydrogen-bond donors (Lipinski definition) is 0. The van der Waals surface area contributed by atoms with Crippen molar-refractivity contribution in [3.63, 3.8) is 0 Å². The van der Waals surface area contributed by atoms with E-state index in [-0.39, 0.29) is 6.54 Å². The van der Waals surface area contributed by atoms with Crippen LogP contribution in [0.3, 0.4) is 0 Å². The molecule has 9 heteroatoms. The Morgan fingerprint density at radius 3 is 2.45 bits per heavy atom. The summed E-state index contributed by atoms with van der Waals surface area (Å²) in [5.41, 5.74) is 1.13. The highest BCUT2D eigenvalue weighted by Crippen LogP contribution is 2.35. The second-order valence-electron chi connectivity index (χ2n) is 6.16. The van der Waals surface area contributed by atoms with E-state index in [1.54, 1.807) is 42.0 Å². The van der Waals surface area contributed by atoms with Crippen molar-refractivity contribution in [1.29, 1.82) is 0 Å². The van der Waals surface area contributed by atoms with Crippen LogP contribution in [0.4, 0.5) is 0 Å². The summed E-state index contributed by atoms with van der Waals surface area (Å²) < 4.78 is 23.6. The van der Waals surface area contributed by atoms with Gasteiger partial charge < -0.3 is 23.5 Å². The third kappa shape index (κ3) is 3.81. The molecular weight excluding hydrogens is 396 g/mol. The summed E-state index contributed by atoms with van der Waals surface area (Å²) in [5.74, 6) is 0.999. The van der Waals surface area contributed by atoms with Gasteiger partial charge in [0.05, 0.1) is 24.4 Å². The molecule has 0 unspecified atom stereocenters. The van der Waals surface area contributed by atoms with Crippen LogP contribution in [0.5, 0.6) is 17.2 Å². The van der Waals surface area contributed by atoms with Crippen LogP contribution in [0.15, 0.2) is 41.4 Å². The molecule has 0 fully saturated rings. The van der Waals surface area contributed by atoms with E-state index in [2.05, 4.69) is 4.99 Å². The maximum absolute atomic E-state index is 12.7. The molecule has 2 aromatic carbocycles. The van der Waals surface area contributed by atoms with E-state index >= 15 is 0 Å². The zero-order chi connectivity index (χ0) is 20.4. The fourth-order valence-electron chi connectivity index (χ4n) is 2.92. The Balaban J connectivity index is 1.82. The maximum Gasteiger partial charge on any atom is 0.325 e. The highest BCUT2D eigenvalue weighted by Gasteiger charge is 2.18. The first-order valence-corrected chi connectivity index (χ1v) is 9.63. The minimum Gasteiger partial charge on any atom is -0.497 e. The van der Waals surface area contributed by atoms with E-state index in [1.807, 2.05) is 6.07 Å². The van der Waals surface area contributed by atoms with E-state index < -0.39 is 11.9 Å². The molecule has 4 rings (SSSR count). The highest BCUT2D eigenvalue weighted by atomic mass is 32.1. The first-order chi connectivity index (χ1) is 14.1. The summed E-state index contributed by atoms with van der Waals surface area (Å²) in [5, 5.41) is 0. The van der Waals surface area contributed by atoms with Gasteiger partial charge in [0.25, 0.3) is 5.91 Å². The molecular formula is C20H18N2O6S. The van der Waals surface area contributed by atoms with Crippen LogP contribution in [-0.4, -0.2) is 43.9 Å². The molecule has 0 saturated carbocycles. The van der Waals surface area contributed by atoms with Gasteiger partial charge in [-0.3, -0.25) is 9.59 Å². The first kappa shape index (κ1) is 19.0. The number of esters is 1. The van der Waals surface area contributed by atoms with Crippen LogP contribution >= 0.6 is 11.3 Å². The maximum atomic E-state index is 12.7. The molecule has 0 saturated heterocycles. The van der Waals surface area contributed by atoms with Gasteiger partial charge in [-0.15, -0.1) is 0 Å². The van der Waals surface area contributed by atoms with Crippen molar-refractivity contribution in [3.8, 4) is 17.2 Å². The normalized spacial score (nSPS) is 13.4. The zero-order valence-corrected chi connectivity index (χ0v) is 16.7. The van der Waals surface area contributed by atoms with Gasteiger partial charge >= 0.3 is 5.97 Å². The number of hydrogen-bond acceptors (Lipinski definition) is 7. The second kappa shape index (κ2) is 7.96. The van der Waals surface area contributed by atoms with Gasteiger partial charge in [0.1, 0.15) is 25.5 Å².